The Labute approximate surface area is 92.7 Å². The molecular weight excluding hydrogens is 216 g/mol. The number of aliphatic hydroxyl groups is 1. The number of rotatable bonds is 5. The molecule has 0 fully saturated rings. The van der Waals surface area contributed by atoms with Gasteiger partial charge in [-0.15, -0.1) is 0 Å². The normalized spacial score (nSPS) is 10.8. The van der Waals surface area contributed by atoms with Crippen LogP contribution in [0.2, 0.25) is 0 Å². The molecular formula is C10H15F2N3O. The molecule has 0 amide bonds. The summed E-state index contributed by atoms with van der Waals surface area (Å²) < 4.78 is 24.7. The van der Waals surface area contributed by atoms with Crippen molar-refractivity contribution in [2.75, 3.05) is 30.3 Å². The molecule has 3 N–H and O–H groups in total. The van der Waals surface area contributed by atoms with Gasteiger partial charge in [0.1, 0.15) is 0 Å². The first-order valence-electron chi connectivity index (χ1n) is 4.91. The summed E-state index contributed by atoms with van der Waals surface area (Å²) in [6.07, 6.45) is -2.49. The highest BCUT2D eigenvalue weighted by Gasteiger charge is 2.16. The van der Waals surface area contributed by atoms with Gasteiger partial charge in [-0.2, -0.15) is 0 Å². The summed E-state index contributed by atoms with van der Waals surface area (Å²) in [5, 5.41) is 8.82. The highest BCUT2D eigenvalue weighted by atomic mass is 19.3. The SMILES string of the molecule is Cc1ccc(N)c(N(CCO)CC(F)F)n1. The van der Waals surface area contributed by atoms with E-state index in [0.717, 1.165) is 0 Å². The fraction of sp³-hybridized carbons (Fsp3) is 0.500. The van der Waals surface area contributed by atoms with Gasteiger partial charge in [0.25, 0.3) is 6.43 Å². The number of aryl methyl sites for hydroxylation is 1. The van der Waals surface area contributed by atoms with E-state index in [0.29, 0.717) is 17.2 Å². The number of halogens is 2. The zero-order valence-electron chi connectivity index (χ0n) is 9.03. The van der Waals surface area contributed by atoms with Crippen LogP contribution in [0, 0.1) is 6.92 Å². The van der Waals surface area contributed by atoms with Gasteiger partial charge in [0, 0.05) is 12.2 Å². The number of anilines is 2. The van der Waals surface area contributed by atoms with Crippen LogP contribution in [-0.2, 0) is 0 Å². The highest BCUT2D eigenvalue weighted by Crippen LogP contribution is 2.21. The minimum atomic E-state index is -2.49. The Balaban J connectivity index is 2.94. The standard InChI is InChI=1S/C10H15F2N3O/c1-7-2-3-8(13)10(14-7)15(4-5-16)6-9(11)12/h2-3,9,16H,4-6,13H2,1H3. The molecule has 0 aliphatic heterocycles. The molecule has 1 rings (SSSR count). The van der Waals surface area contributed by atoms with Gasteiger partial charge in [0.15, 0.2) is 5.82 Å². The number of aromatic nitrogens is 1. The van der Waals surface area contributed by atoms with Crippen molar-refractivity contribution in [3.05, 3.63) is 17.8 Å². The van der Waals surface area contributed by atoms with Crippen LogP contribution in [0.5, 0.6) is 0 Å². The molecule has 0 aliphatic carbocycles. The van der Waals surface area contributed by atoms with Crippen molar-refractivity contribution in [1.29, 1.82) is 0 Å². The molecule has 0 saturated heterocycles. The summed E-state index contributed by atoms with van der Waals surface area (Å²) in [6.45, 7) is 1.14. The second kappa shape index (κ2) is 5.60. The zero-order chi connectivity index (χ0) is 12.1. The van der Waals surface area contributed by atoms with Crippen molar-refractivity contribution >= 4 is 11.5 Å². The first-order valence-corrected chi connectivity index (χ1v) is 4.91. The van der Waals surface area contributed by atoms with E-state index in [2.05, 4.69) is 4.98 Å². The third-order valence-electron chi connectivity index (χ3n) is 2.07. The van der Waals surface area contributed by atoms with Crippen LogP contribution in [0.25, 0.3) is 0 Å². The lowest BCUT2D eigenvalue weighted by Crippen LogP contribution is -2.33. The fourth-order valence-electron chi connectivity index (χ4n) is 1.38. The Morgan fingerprint density at radius 2 is 2.19 bits per heavy atom. The second-order valence-corrected chi connectivity index (χ2v) is 3.43. The lowest BCUT2D eigenvalue weighted by molar-refractivity contribution is 0.152. The van der Waals surface area contributed by atoms with Crippen molar-refractivity contribution in [3.8, 4) is 0 Å². The van der Waals surface area contributed by atoms with Crippen LogP contribution in [0.1, 0.15) is 5.69 Å². The summed E-state index contributed by atoms with van der Waals surface area (Å²) >= 11 is 0. The van der Waals surface area contributed by atoms with E-state index >= 15 is 0 Å². The maximum absolute atomic E-state index is 12.3. The number of hydrogen-bond donors (Lipinski definition) is 2. The van der Waals surface area contributed by atoms with Crippen molar-refractivity contribution in [3.63, 3.8) is 0 Å². The number of pyridine rings is 1. The van der Waals surface area contributed by atoms with E-state index in [1.807, 2.05) is 0 Å². The molecule has 90 valence electrons. The quantitative estimate of drug-likeness (QED) is 0.794. The average molecular weight is 231 g/mol. The second-order valence-electron chi connectivity index (χ2n) is 3.43. The number of nitrogen functional groups attached to an aromatic ring is 1. The van der Waals surface area contributed by atoms with E-state index in [-0.39, 0.29) is 13.2 Å². The van der Waals surface area contributed by atoms with Crippen LogP contribution in [0.4, 0.5) is 20.3 Å². The smallest absolute Gasteiger partial charge is 0.255 e. The van der Waals surface area contributed by atoms with E-state index in [1.165, 1.54) is 4.90 Å². The molecule has 0 atom stereocenters. The molecule has 1 aromatic rings. The Bertz CT molecular complexity index is 347. The van der Waals surface area contributed by atoms with Gasteiger partial charge >= 0.3 is 0 Å². The van der Waals surface area contributed by atoms with Gasteiger partial charge < -0.3 is 15.7 Å². The summed E-state index contributed by atoms with van der Waals surface area (Å²) in [4.78, 5) is 5.39. The third kappa shape index (κ3) is 3.30. The van der Waals surface area contributed by atoms with Crippen LogP contribution in [0.15, 0.2) is 12.1 Å². The van der Waals surface area contributed by atoms with Gasteiger partial charge in [-0.1, -0.05) is 0 Å². The van der Waals surface area contributed by atoms with Crippen molar-refractivity contribution in [1.82, 2.24) is 4.98 Å². The average Bonchev–Trinajstić information content (AvgIpc) is 2.20. The summed E-state index contributed by atoms with van der Waals surface area (Å²) in [5.41, 5.74) is 6.69. The first-order chi connectivity index (χ1) is 7.54. The van der Waals surface area contributed by atoms with Crippen LogP contribution >= 0.6 is 0 Å². The molecule has 0 saturated carbocycles. The highest BCUT2D eigenvalue weighted by molar-refractivity contribution is 5.62. The number of nitrogens with two attached hydrogens (primary N) is 1. The van der Waals surface area contributed by atoms with Crippen molar-refractivity contribution in [2.45, 2.75) is 13.3 Å². The summed E-state index contributed by atoms with van der Waals surface area (Å²) in [6, 6.07) is 3.33. The van der Waals surface area contributed by atoms with Crippen LogP contribution < -0.4 is 10.6 Å². The maximum atomic E-state index is 12.3. The Kier molecular flexibility index (Phi) is 4.42. The molecule has 0 spiro atoms. The predicted molar refractivity (Wildman–Crippen MR) is 58.7 cm³/mol. The van der Waals surface area contributed by atoms with Crippen molar-refractivity contribution < 1.29 is 13.9 Å². The molecule has 0 radical (unpaired) electrons. The lowest BCUT2D eigenvalue weighted by Gasteiger charge is -2.23. The minimum absolute atomic E-state index is 0.0883. The van der Waals surface area contributed by atoms with Gasteiger partial charge in [-0.3, -0.25) is 0 Å². The number of nitrogens with zero attached hydrogens (tertiary/aromatic N) is 2. The van der Waals surface area contributed by atoms with Crippen LogP contribution in [0.3, 0.4) is 0 Å². The van der Waals surface area contributed by atoms with Gasteiger partial charge in [0.2, 0.25) is 0 Å². The van der Waals surface area contributed by atoms with Crippen molar-refractivity contribution in [2.24, 2.45) is 0 Å². The molecule has 0 unspecified atom stereocenters. The topological polar surface area (TPSA) is 62.4 Å². The van der Waals surface area contributed by atoms with Crippen LogP contribution in [-0.4, -0.2) is 36.2 Å². The lowest BCUT2D eigenvalue weighted by atomic mass is 10.3. The van der Waals surface area contributed by atoms with E-state index in [9.17, 15) is 8.78 Å². The molecule has 0 bridgehead atoms. The summed E-state index contributed by atoms with van der Waals surface area (Å²) in [5.74, 6) is 0.300. The largest absolute Gasteiger partial charge is 0.396 e. The molecule has 1 aromatic heterocycles. The maximum Gasteiger partial charge on any atom is 0.255 e. The predicted octanol–water partition coefficient (Wildman–Crippen LogP) is 1.04. The molecule has 0 aliphatic rings. The fourth-order valence-corrected chi connectivity index (χ4v) is 1.38. The first kappa shape index (κ1) is 12.6. The van der Waals surface area contributed by atoms with E-state index in [1.54, 1.807) is 19.1 Å². The number of alkyl halides is 2. The van der Waals surface area contributed by atoms with Gasteiger partial charge in [-0.25, -0.2) is 13.8 Å². The van der Waals surface area contributed by atoms with E-state index < -0.39 is 13.0 Å². The Morgan fingerprint density at radius 3 is 2.75 bits per heavy atom. The molecule has 16 heavy (non-hydrogen) atoms. The number of hydrogen-bond acceptors (Lipinski definition) is 4. The molecule has 1 heterocycles. The Morgan fingerprint density at radius 1 is 1.50 bits per heavy atom. The molecule has 0 aromatic carbocycles. The minimum Gasteiger partial charge on any atom is -0.396 e. The van der Waals surface area contributed by atoms with Gasteiger partial charge in [-0.05, 0) is 19.1 Å². The summed E-state index contributed by atoms with van der Waals surface area (Å²) in [7, 11) is 0. The van der Waals surface area contributed by atoms with Gasteiger partial charge in [0.05, 0.1) is 18.8 Å². The molecule has 4 nitrogen and oxygen atoms in total. The van der Waals surface area contributed by atoms with E-state index in [4.69, 9.17) is 10.8 Å². The number of aliphatic hydroxyl groups excluding tert-OH is 1. The molecule has 6 heteroatoms. The zero-order valence-corrected chi connectivity index (χ0v) is 9.03. The monoisotopic (exact) mass is 231 g/mol. The Hall–Kier alpha value is -1.43. The third-order valence-corrected chi connectivity index (χ3v) is 2.07.